The zero-order valence-corrected chi connectivity index (χ0v) is 12.1. The van der Waals surface area contributed by atoms with Gasteiger partial charge in [0.15, 0.2) is 0 Å². The van der Waals surface area contributed by atoms with Gasteiger partial charge in [-0.25, -0.2) is 4.98 Å². The summed E-state index contributed by atoms with van der Waals surface area (Å²) in [7, 11) is 0. The van der Waals surface area contributed by atoms with Gasteiger partial charge < -0.3 is 0 Å². The van der Waals surface area contributed by atoms with E-state index in [1.807, 2.05) is 35.7 Å². The summed E-state index contributed by atoms with van der Waals surface area (Å²) in [6.07, 6.45) is 0. The number of hydrogen-bond donors (Lipinski definition) is 0. The highest BCUT2D eigenvalue weighted by Gasteiger charge is 2.07. The van der Waals surface area contributed by atoms with Crippen molar-refractivity contribution in [3.05, 3.63) is 62.2 Å². The molecule has 0 bridgehead atoms. The van der Waals surface area contributed by atoms with E-state index in [4.69, 9.17) is 11.6 Å². The number of benzene rings is 1. The van der Waals surface area contributed by atoms with Gasteiger partial charge in [-0.05, 0) is 11.5 Å². The molecule has 0 saturated heterocycles. The summed E-state index contributed by atoms with van der Waals surface area (Å²) in [5.41, 5.74) is 1.89. The lowest BCUT2D eigenvalue weighted by atomic mass is 10.2. The molecule has 6 heteroatoms. The number of halogens is 1. The summed E-state index contributed by atoms with van der Waals surface area (Å²) in [4.78, 5) is 16.1. The van der Waals surface area contributed by atoms with Gasteiger partial charge in [0.25, 0.3) is 5.56 Å². The van der Waals surface area contributed by atoms with E-state index >= 15 is 0 Å². The van der Waals surface area contributed by atoms with Crippen LogP contribution in [0, 0.1) is 0 Å². The summed E-state index contributed by atoms with van der Waals surface area (Å²) < 4.78 is 2.11. The molecule has 0 atom stereocenters. The quantitative estimate of drug-likeness (QED) is 0.739. The van der Waals surface area contributed by atoms with Gasteiger partial charge in [-0.3, -0.25) is 8.75 Å². The van der Waals surface area contributed by atoms with Crippen LogP contribution in [0.4, 0.5) is 0 Å². The number of hydrogen-bond acceptors (Lipinski definition) is 4. The van der Waals surface area contributed by atoms with Crippen LogP contribution in [-0.2, 0) is 6.54 Å². The molecule has 0 fully saturated rings. The minimum atomic E-state index is -0.0794. The van der Waals surface area contributed by atoms with Crippen LogP contribution in [0.5, 0.6) is 0 Å². The fraction of sp³-hybridized carbons (Fsp3) is 0.0769. The lowest BCUT2D eigenvalue weighted by molar-refractivity contribution is 0.827. The maximum Gasteiger partial charge on any atom is 0.262 e. The van der Waals surface area contributed by atoms with Gasteiger partial charge in [0.05, 0.1) is 12.2 Å². The minimum absolute atomic E-state index is 0.0794. The molecule has 2 aromatic heterocycles. The maximum absolute atomic E-state index is 11.6. The summed E-state index contributed by atoms with van der Waals surface area (Å²) in [5, 5.41) is 2.94. The highest BCUT2D eigenvalue weighted by Crippen LogP contribution is 2.24. The molecule has 96 valence electrons. The molecule has 1 aromatic carbocycles. The molecule has 0 N–H and O–H groups in total. The number of thiazole rings is 1. The van der Waals surface area contributed by atoms with Gasteiger partial charge in [0.1, 0.15) is 9.34 Å². The van der Waals surface area contributed by atoms with E-state index in [9.17, 15) is 4.79 Å². The zero-order chi connectivity index (χ0) is 13.2. The Morgan fingerprint density at radius 2 is 2.05 bits per heavy atom. The first-order valence-electron chi connectivity index (χ1n) is 5.59. The van der Waals surface area contributed by atoms with Crippen molar-refractivity contribution in [1.29, 1.82) is 0 Å². The van der Waals surface area contributed by atoms with Crippen LogP contribution in [0.1, 0.15) is 5.69 Å². The largest absolute Gasteiger partial charge is 0.268 e. The van der Waals surface area contributed by atoms with E-state index in [1.165, 1.54) is 17.6 Å². The molecule has 3 rings (SSSR count). The van der Waals surface area contributed by atoms with E-state index < -0.39 is 0 Å². The fourth-order valence-electron chi connectivity index (χ4n) is 1.70. The third-order valence-electron chi connectivity index (χ3n) is 2.56. The Kier molecular flexibility index (Phi) is 3.50. The number of aromatic nitrogens is 2. The summed E-state index contributed by atoms with van der Waals surface area (Å²) in [5.74, 6) is 0. The van der Waals surface area contributed by atoms with Crippen molar-refractivity contribution in [3.63, 3.8) is 0 Å². The highest BCUT2D eigenvalue weighted by molar-refractivity contribution is 7.13. The molecule has 0 aliphatic carbocycles. The van der Waals surface area contributed by atoms with E-state index in [-0.39, 0.29) is 5.56 Å². The summed E-state index contributed by atoms with van der Waals surface area (Å²) in [6.45, 7) is 0.472. The fourth-order valence-corrected chi connectivity index (χ4v) is 3.56. The Bertz CT molecular complexity index is 745. The molecule has 0 aliphatic rings. The first-order chi connectivity index (χ1) is 9.22. The van der Waals surface area contributed by atoms with Crippen LogP contribution in [-0.4, -0.2) is 8.94 Å². The molecular formula is C13H9ClN2OS2. The molecule has 19 heavy (non-hydrogen) atoms. The van der Waals surface area contributed by atoms with E-state index in [2.05, 4.69) is 4.98 Å². The topological polar surface area (TPSA) is 34.9 Å². The molecule has 0 unspecified atom stereocenters. The monoisotopic (exact) mass is 308 g/mol. The van der Waals surface area contributed by atoms with Crippen molar-refractivity contribution in [3.8, 4) is 10.6 Å². The van der Waals surface area contributed by atoms with Gasteiger partial charge in [-0.2, -0.15) is 0 Å². The Labute approximate surface area is 122 Å². The van der Waals surface area contributed by atoms with Crippen LogP contribution in [0.25, 0.3) is 10.6 Å². The molecule has 0 saturated carbocycles. The molecule has 3 aromatic rings. The van der Waals surface area contributed by atoms with Crippen molar-refractivity contribution in [2.24, 2.45) is 0 Å². The highest BCUT2D eigenvalue weighted by atomic mass is 35.5. The van der Waals surface area contributed by atoms with Crippen molar-refractivity contribution in [1.82, 2.24) is 8.94 Å². The lowest BCUT2D eigenvalue weighted by Crippen LogP contribution is -2.12. The van der Waals surface area contributed by atoms with Gasteiger partial charge in [-0.15, -0.1) is 11.3 Å². The van der Waals surface area contributed by atoms with Crippen molar-refractivity contribution >= 4 is 34.5 Å². The first-order valence-corrected chi connectivity index (χ1v) is 7.62. The first kappa shape index (κ1) is 12.6. The van der Waals surface area contributed by atoms with Crippen molar-refractivity contribution in [2.75, 3.05) is 0 Å². The van der Waals surface area contributed by atoms with Crippen LogP contribution in [0.3, 0.4) is 0 Å². The second-order valence-corrected chi connectivity index (χ2v) is 6.48. The van der Waals surface area contributed by atoms with Gasteiger partial charge in [0.2, 0.25) is 0 Å². The van der Waals surface area contributed by atoms with E-state index in [1.54, 1.807) is 15.3 Å². The molecule has 0 spiro atoms. The Balaban J connectivity index is 1.86. The van der Waals surface area contributed by atoms with Crippen LogP contribution >= 0.6 is 34.5 Å². The Hall–Kier alpha value is -1.43. The second kappa shape index (κ2) is 5.28. The summed E-state index contributed by atoms with van der Waals surface area (Å²) >= 11 is 8.64. The standard InChI is InChI=1S/C13H9ClN2OS2/c14-11-6-12(17)16(19-11)7-10-8-18-13(15-10)9-4-2-1-3-5-9/h1-6,8H,7H2. The van der Waals surface area contributed by atoms with E-state index in [0.29, 0.717) is 10.9 Å². The zero-order valence-electron chi connectivity index (χ0n) is 9.75. The summed E-state index contributed by atoms with van der Waals surface area (Å²) in [6, 6.07) is 11.4. The van der Waals surface area contributed by atoms with Gasteiger partial charge >= 0.3 is 0 Å². The van der Waals surface area contributed by atoms with Crippen LogP contribution in [0.2, 0.25) is 4.34 Å². The second-order valence-electron chi connectivity index (χ2n) is 3.92. The van der Waals surface area contributed by atoms with Crippen LogP contribution < -0.4 is 5.56 Å². The lowest BCUT2D eigenvalue weighted by Gasteiger charge is -1.96. The number of rotatable bonds is 3. The maximum atomic E-state index is 11.6. The van der Waals surface area contributed by atoms with E-state index in [0.717, 1.165) is 16.3 Å². The molecule has 0 amide bonds. The average molecular weight is 309 g/mol. The predicted molar refractivity (Wildman–Crippen MR) is 80.2 cm³/mol. The minimum Gasteiger partial charge on any atom is -0.268 e. The number of nitrogens with zero attached hydrogens (tertiary/aromatic N) is 2. The Morgan fingerprint density at radius 1 is 1.26 bits per heavy atom. The third kappa shape index (κ3) is 2.78. The SMILES string of the molecule is O=c1cc(Cl)sn1Cc1csc(-c2ccccc2)n1. The van der Waals surface area contributed by atoms with Crippen molar-refractivity contribution in [2.45, 2.75) is 6.54 Å². The Morgan fingerprint density at radius 3 is 2.74 bits per heavy atom. The molecule has 2 heterocycles. The predicted octanol–water partition coefficient (Wildman–Crippen LogP) is 3.74. The third-order valence-corrected chi connectivity index (χ3v) is 4.64. The molecule has 0 radical (unpaired) electrons. The molecule has 0 aliphatic heterocycles. The molecular weight excluding hydrogens is 300 g/mol. The smallest absolute Gasteiger partial charge is 0.262 e. The normalized spacial score (nSPS) is 10.8. The van der Waals surface area contributed by atoms with Crippen molar-refractivity contribution < 1.29 is 0 Å². The average Bonchev–Trinajstić information content (AvgIpc) is 2.99. The van der Waals surface area contributed by atoms with Gasteiger partial charge in [0, 0.05) is 17.0 Å². The van der Waals surface area contributed by atoms with Gasteiger partial charge in [-0.1, -0.05) is 41.9 Å². The molecule has 3 nitrogen and oxygen atoms in total. The van der Waals surface area contributed by atoms with Crippen LogP contribution in [0.15, 0.2) is 46.6 Å².